The zero-order chi connectivity index (χ0) is 11.0. The van der Waals surface area contributed by atoms with Crippen molar-refractivity contribution in [1.82, 2.24) is 5.32 Å². The van der Waals surface area contributed by atoms with Gasteiger partial charge in [-0.3, -0.25) is 0 Å². The molecule has 0 bridgehead atoms. The van der Waals surface area contributed by atoms with Crippen LogP contribution in [0.1, 0.15) is 26.2 Å². The molecule has 14 heavy (non-hydrogen) atoms. The lowest BCUT2D eigenvalue weighted by molar-refractivity contribution is 0.588. The second-order valence-corrected chi connectivity index (χ2v) is 6.66. The highest BCUT2D eigenvalue weighted by atomic mass is 35.5. The first-order chi connectivity index (χ1) is 6.42. The van der Waals surface area contributed by atoms with Crippen molar-refractivity contribution in [2.24, 2.45) is 0 Å². The van der Waals surface area contributed by atoms with E-state index in [1.807, 2.05) is 6.92 Å². The Morgan fingerprint density at radius 1 is 1.29 bits per heavy atom. The average molecular weight is 242 g/mol. The van der Waals surface area contributed by atoms with Crippen LogP contribution in [0.25, 0.3) is 0 Å². The quantitative estimate of drug-likeness (QED) is 0.517. The van der Waals surface area contributed by atoms with Crippen LogP contribution in [0.15, 0.2) is 0 Å². The molecule has 0 aromatic carbocycles. The number of rotatable bonds is 8. The maximum absolute atomic E-state index is 10.8. The Balaban J connectivity index is 3.15. The van der Waals surface area contributed by atoms with Crippen LogP contribution in [0.2, 0.25) is 0 Å². The van der Waals surface area contributed by atoms with Crippen LogP contribution in [0, 0.1) is 0 Å². The molecule has 0 aliphatic rings. The van der Waals surface area contributed by atoms with E-state index in [1.165, 1.54) is 6.26 Å². The number of halogens is 1. The Morgan fingerprint density at radius 3 is 2.36 bits per heavy atom. The highest BCUT2D eigenvalue weighted by molar-refractivity contribution is 7.90. The number of sulfone groups is 1. The zero-order valence-electron chi connectivity index (χ0n) is 8.92. The molecule has 0 aromatic rings. The minimum absolute atomic E-state index is 0.229. The predicted octanol–water partition coefficient (Wildman–Crippen LogP) is 1.42. The van der Waals surface area contributed by atoms with Gasteiger partial charge in [-0.05, 0) is 39.3 Å². The fraction of sp³-hybridized carbons (Fsp3) is 1.00. The van der Waals surface area contributed by atoms with E-state index in [-0.39, 0.29) is 11.1 Å². The van der Waals surface area contributed by atoms with Gasteiger partial charge < -0.3 is 5.32 Å². The maximum Gasteiger partial charge on any atom is 0.147 e. The molecule has 0 heterocycles. The number of hydrogen-bond donors (Lipinski definition) is 1. The van der Waals surface area contributed by atoms with Crippen molar-refractivity contribution in [3.63, 3.8) is 0 Å². The molecule has 5 heteroatoms. The van der Waals surface area contributed by atoms with Crippen molar-refractivity contribution in [3.05, 3.63) is 0 Å². The van der Waals surface area contributed by atoms with Gasteiger partial charge in [0.05, 0.1) is 5.75 Å². The maximum atomic E-state index is 10.8. The Hall–Kier alpha value is 0.200. The Labute approximate surface area is 92.1 Å². The topological polar surface area (TPSA) is 46.2 Å². The lowest BCUT2D eigenvalue weighted by atomic mass is 10.2. The van der Waals surface area contributed by atoms with Crippen LogP contribution in [-0.4, -0.2) is 38.9 Å². The third-order valence-electron chi connectivity index (χ3n) is 1.82. The fourth-order valence-electron chi connectivity index (χ4n) is 1.09. The average Bonchev–Trinajstić information content (AvgIpc) is 2.00. The van der Waals surface area contributed by atoms with Crippen LogP contribution < -0.4 is 5.32 Å². The lowest BCUT2D eigenvalue weighted by Gasteiger charge is -2.04. The molecule has 3 nitrogen and oxygen atoms in total. The first-order valence-corrected chi connectivity index (χ1v) is 7.44. The predicted molar refractivity (Wildman–Crippen MR) is 61.7 cm³/mol. The van der Waals surface area contributed by atoms with Gasteiger partial charge in [0.1, 0.15) is 9.84 Å². The van der Waals surface area contributed by atoms with Crippen molar-refractivity contribution < 1.29 is 8.42 Å². The van der Waals surface area contributed by atoms with Crippen molar-refractivity contribution in [3.8, 4) is 0 Å². The Bertz CT molecular complexity index is 227. The molecule has 0 saturated carbocycles. The summed E-state index contributed by atoms with van der Waals surface area (Å²) in [5.74, 6) is 0.270. The van der Waals surface area contributed by atoms with Gasteiger partial charge in [0.2, 0.25) is 0 Å². The van der Waals surface area contributed by atoms with Crippen molar-refractivity contribution in [2.75, 3.05) is 25.1 Å². The second kappa shape index (κ2) is 7.49. The highest BCUT2D eigenvalue weighted by Gasteiger charge is 2.00. The minimum Gasteiger partial charge on any atom is -0.317 e. The van der Waals surface area contributed by atoms with Crippen LogP contribution in [0.4, 0.5) is 0 Å². The van der Waals surface area contributed by atoms with Crippen molar-refractivity contribution >= 4 is 21.4 Å². The summed E-state index contributed by atoms with van der Waals surface area (Å²) < 4.78 is 21.5. The molecule has 1 atom stereocenters. The number of alkyl halides is 1. The van der Waals surface area contributed by atoms with Gasteiger partial charge in [0.15, 0.2) is 0 Å². The van der Waals surface area contributed by atoms with Gasteiger partial charge in [-0.25, -0.2) is 8.42 Å². The summed E-state index contributed by atoms with van der Waals surface area (Å²) in [6.07, 6.45) is 4.00. The molecular formula is C9H20ClNO2S. The SMILES string of the molecule is CC(Cl)CCCNCCCS(C)(=O)=O. The largest absolute Gasteiger partial charge is 0.317 e. The van der Waals surface area contributed by atoms with Crippen molar-refractivity contribution in [1.29, 1.82) is 0 Å². The molecule has 0 aliphatic carbocycles. The monoisotopic (exact) mass is 241 g/mol. The summed E-state index contributed by atoms with van der Waals surface area (Å²) in [7, 11) is -2.79. The molecular weight excluding hydrogens is 222 g/mol. The number of nitrogens with one attached hydrogen (secondary N) is 1. The van der Waals surface area contributed by atoms with E-state index in [1.54, 1.807) is 0 Å². The summed E-state index contributed by atoms with van der Waals surface area (Å²) in [5, 5.41) is 3.42. The molecule has 0 rings (SSSR count). The van der Waals surface area contributed by atoms with Crippen LogP contribution in [0.5, 0.6) is 0 Å². The highest BCUT2D eigenvalue weighted by Crippen LogP contribution is 2.02. The molecule has 0 saturated heterocycles. The first kappa shape index (κ1) is 14.2. The second-order valence-electron chi connectivity index (χ2n) is 3.66. The zero-order valence-corrected chi connectivity index (χ0v) is 10.5. The molecule has 0 aliphatic heterocycles. The summed E-state index contributed by atoms with van der Waals surface area (Å²) in [4.78, 5) is 0. The third-order valence-corrected chi connectivity index (χ3v) is 3.07. The molecule has 0 amide bonds. The van der Waals surface area contributed by atoms with Gasteiger partial charge >= 0.3 is 0 Å². The molecule has 0 radical (unpaired) electrons. The summed E-state index contributed by atoms with van der Waals surface area (Å²) in [5.41, 5.74) is 0. The summed E-state index contributed by atoms with van der Waals surface area (Å²) in [6, 6.07) is 0. The molecule has 0 fully saturated rings. The Kier molecular flexibility index (Phi) is 7.59. The van der Waals surface area contributed by atoms with Crippen LogP contribution in [0.3, 0.4) is 0 Å². The molecule has 0 spiro atoms. The molecule has 1 N–H and O–H groups in total. The van der Waals surface area contributed by atoms with E-state index >= 15 is 0 Å². The van der Waals surface area contributed by atoms with E-state index in [0.29, 0.717) is 6.42 Å². The molecule has 86 valence electrons. The lowest BCUT2D eigenvalue weighted by Crippen LogP contribution is -2.19. The van der Waals surface area contributed by atoms with E-state index in [2.05, 4.69) is 5.32 Å². The van der Waals surface area contributed by atoms with E-state index in [4.69, 9.17) is 11.6 Å². The van der Waals surface area contributed by atoms with Gasteiger partial charge in [-0.1, -0.05) is 0 Å². The standard InChI is InChI=1S/C9H20ClNO2S/c1-9(10)5-3-6-11-7-4-8-14(2,12)13/h9,11H,3-8H2,1-2H3. The van der Waals surface area contributed by atoms with E-state index < -0.39 is 9.84 Å². The van der Waals surface area contributed by atoms with Crippen LogP contribution >= 0.6 is 11.6 Å². The smallest absolute Gasteiger partial charge is 0.147 e. The first-order valence-electron chi connectivity index (χ1n) is 4.94. The van der Waals surface area contributed by atoms with E-state index in [0.717, 1.165) is 25.9 Å². The normalized spacial score (nSPS) is 14.2. The van der Waals surface area contributed by atoms with Crippen LogP contribution in [-0.2, 0) is 9.84 Å². The summed E-state index contributed by atoms with van der Waals surface area (Å²) >= 11 is 5.77. The minimum atomic E-state index is -2.79. The van der Waals surface area contributed by atoms with Gasteiger partial charge in [0.25, 0.3) is 0 Å². The molecule has 1 unspecified atom stereocenters. The summed E-state index contributed by atoms with van der Waals surface area (Å²) in [6.45, 7) is 3.66. The molecule has 0 aromatic heterocycles. The Morgan fingerprint density at radius 2 is 1.86 bits per heavy atom. The number of hydrogen-bond acceptors (Lipinski definition) is 3. The van der Waals surface area contributed by atoms with Gasteiger partial charge in [-0.2, -0.15) is 0 Å². The third kappa shape index (κ3) is 12.2. The van der Waals surface area contributed by atoms with E-state index in [9.17, 15) is 8.42 Å². The van der Waals surface area contributed by atoms with Gasteiger partial charge in [-0.15, -0.1) is 11.6 Å². The van der Waals surface area contributed by atoms with Gasteiger partial charge in [0, 0.05) is 11.6 Å². The fourth-order valence-corrected chi connectivity index (χ4v) is 1.92. The van der Waals surface area contributed by atoms with Crippen molar-refractivity contribution in [2.45, 2.75) is 31.6 Å².